The first-order chi connectivity index (χ1) is 21.1. The van der Waals surface area contributed by atoms with E-state index in [1.54, 1.807) is 6.08 Å². The maximum absolute atomic E-state index is 12.4. The maximum atomic E-state index is 12.4. The zero-order valence-electron chi connectivity index (χ0n) is 25.3. The lowest BCUT2D eigenvalue weighted by Gasteiger charge is -2.34. The van der Waals surface area contributed by atoms with Gasteiger partial charge >= 0.3 is 17.9 Å². The number of allylic oxidation sites excluding steroid dienone is 1. The van der Waals surface area contributed by atoms with Gasteiger partial charge in [-0.1, -0.05) is 38.7 Å². The molecule has 0 saturated carbocycles. The van der Waals surface area contributed by atoms with Gasteiger partial charge in [-0.25, -0.2) is 19.4 Å². The van der Waals surface area contributed by atoms with Gasteiger partial charge in [-0.2, -0.15) is 0 Å². The Labute approximate surface area is 259 Å². The third-order valence-electron chi connectivity index (χ3n) is 7.20. The van der Waals surface area contributed by atoms with Crippen LogP contribution in [-0.4, -0.2) is 119 Å². The molecule has 4 amide bonds. The van der Waals surface area contributed by atoms with E-state index >= 15 is 0 Å². The number of carbonyl (C=O) groups is 7. The van der Waals surface area contributed by atoms with Crippen molar-refractivity contribution in [3.05, 3.63) is 12.2 Å². The molecular formula is C28H44N4O13. The molecule has 254 valence electrons. The van der Waals surface area contributed by atoms with Crippen LogP contribution in [0.15, 0.2) is 12.2 Å². The molecule has 17 nitrogen and oxygen atoms in total. The second-order valence-electron chi connectivity index (χ2n) is 10.8. The summed E-state index contributed by atoms with van der Waals surface area (Å²) in [6.07, 6.45) is 5.41. The van der Waals surface area contributed by atoms with Crippen LogP contribution in [0.4, 0.5) is 0 Å². The van der Waals surface area contributed by atoms with E-state index in [2.05, 4.69) is 17.6 Å². The lowest BCUT2D eigenvalue weighted by Crippen LogP contribution is -2.59. The third-order valence-corrected chi connectivity index (χ3v) is 7.20. The second kappa shape index (κ2) is 18.7. The van der Waals surface area contributed by atoms with Gasteiger partial charge in [-0.3, -0.25) is 29.3 Å². The lowest BCUT2D eigenvalue weighted by atomic mass is 9.94. The molecule has 0 aliphatic carbocycles. The number of aliphatic carboxylic acids is 3. The topological polar surface area (TPSA) is 271 Å². The van der Waals surface area contributed by atoms with Gasteiger partial charge in [0.25, 0.3) is 5.91 Å². The molecule has 1 saturated heterocycles. The van der Waals surface area contributed by atoms with Crippen molar-refractivity contribution in [1.82, 2.24) is 20.6 Å². The molecular weight excluding hydrogens is 600 g/mol. The van der Waals surface area contributed by atoms with Gasteiger partial charge in [0.2, 0.25) is 23.4 Å². The minimum atomic E-state index is -2.85. The Hall–Kier alpha value is -4.09. The zero-order valence-corrected chi connectivity index (χ0v) is 25.3. The van der Waals surface area contributed by atoms with E-state index in [0.29, 0.717) is 16.4 Å². The van der Waals surface area contributed by atoms with Crippen LogP contribution in [0.5, 0.6) is 0 Å². The van der Waals surface area contributed by atoms with Gasteiger partial charge in [0.15, 0.2) is 5.60 Å². The molecule has 0 aromatic heterocycles. The Kier molecular flexibility index (Phi) is 16.1. The zero-order chi connectivity index (χ0) is 34.2. The molecule has 1 fully saturated rings. The summed E-state index contributed by atoms with van der Waals surface area (Å²) in [5.74, 6) is -8.99. The molecule has 8 N–H and O–H groups in total. The van der Waals surface area contributed by atoms with Crippen LogP contribution in [0.2, 0.25) is 0 Å². The predicted molar refractivity (Wildman–Crippen MR) is 153 cm³/mol. The first-order valence-corrected chi connectivity index (χ1v) is 14.8. The molecule has 1 rings (SSSR count). The Balaban J connectivity index is 2.53. The Bertz CT molecular complexity index is 1110. The SMILES string of the molecule is CCCCCCC/C=C/C(=O)N(O)CCCNC(=O)CC(O)(CC(=O)NCCC(C(=O)O)N1C(=O)CCC1(O)C(=O)O)C(=O)O. The number of hydrogen-bond acceptors (Lipinski definition) is 10. The van der Waals surface area contributed by atoms with Crippen LogP contribution in [0.3, 0.4) is 0 Å². The highest BCUT2D eigenvalue weighted by molar-refractivity contribution is 5.93. The maximum Gasteiger partial charge on any atom is 0.357 e. The first-order valence-electron chi connectivity index (χ1n) is 14.8. The fraction of sp³-hybridized carbons (Fsp3) is 0.679. The monoisotopic (exact) mass is 644 g/mol. The number of hydroxylamine groups is 2. The van der Waals surface area contributed by atoms with E-state index in [-0.39, 0.29) is 19.5 Å². The summed E-state index contributed by atoms with van der Waals surface area (Å²) in [4.78, 5) is 83.9. The number of nitrogens with one attached hydrogen (secondary N) is 2. The van der Waals surface area contributed by atoms with E-state index in [0.717, 1.165) is 32.1 Å². The van der Waals surface area contributed by atoms with Crippen LogP contribution in [-0.2, 0) is 33.6 Å². The second-order valence-corrected chi connectivity index (χ2v) is 10.8. The van der Waals surface area contributed by atoms with Crippen molar-refractivity contribution >= 4 is 41.5 Å². The minimum absolute atomic E-state index is 0.0894. The van der Waals surface area contributed by atoms with Gasteiger partial charge in [-0.05, 0) is 25.7 Å². The summed E-state index contributed by atoms with van der Waals surface area (Å²) in [5, 5.41) is 63.8. The first kappa shape index (κ1) is 38.9. The number of unbranched alkanes of at least 4 members (excludes halogenated alkanes) is 5. The number of amides is 4. The largest absolute Gasteiger partial charge is 0.480 e. The fourth-order valence-electron chi connectivity index (χ4n) is 4.65. The number of aliphatic hydroxyl groups is 2. The number of rotatable bonds is 22. The molecule has 1 aliphatic rings. The van der Waals surface area contributed by atoms with Crippen LogP contribution in [0.1, 0.15) is 84.0 Å². The van der Waals surface area contributed by atoms with Crippen LogP contribution >= 0.6 is 0 Å². The fourth-order valence-corrected chi connectivity index (χ4v) is 4.65. The summed E-state index contributed by atoms with van der Waals surface area (Å²) in [6, 6.07) is -1.84. The molecule has 1 aliphatic heterocycles. The molecule has 0 aromatic carbocycles. The average Bonchev–Trinajstić information content (AvgIpc) is 3.27. The van der Waals surface area contributed by atoms with Crippen LogP contribution in [0, 0.1) is 0 Å². The van der Waals surface area contributed by atoms with Gasteiger partial charge < -0.3 is 36.2 Å². The number of carboxylic acid groups (broad SMARTS) is 3. The van der Waals surface area contributed by atoms with E-state index in [9.17, 15) is 64.3 Å². The van der Waals surface area contributed by atoms with Crippen molar-refractivity contribution in [1.29, 1.82) is 0 Å². The van der Waals surface area contributed by atoms with Crippen molar-refractivity contribution in [2.75, 3.05) is 19.6 Å². The number of carboxylic acids is 3. The van der Waals surface area contributed by atoms with Gasteiger partial charge in [0.05, 0.1) is 19.4 Å². The highest BCUT2D eigenvalue weighted by Gasteiger charge is 2.54. The molecule has 3 atom stereocenters. The molecule has 1 heterocycles. The van der Waals surface area contributed by atoms with E-state index in [1.807, 2.05) is 0 Å². The Morgan fingerprint density at radius 2 is 1.58 bits per heavy atom. The third kappa shape index (κ3) is 12.4. The summed E-state index contributed by atoms with van der Waals surface area (Å²) in [6.45, 7) is 1.36. The normalized spacial score (nSPS) is 18.3. The number of nitrogens with zero attached hydrogens (tertiary/aromatic N) is 2. The van der Waals surface area contributed by atoms with E-state index in [1.165, 1.54) is 6.08 Å². The highest BCUT2D eigenvalue weighted by atomic mass is 16.5. The lowest BCUT2D eigenvalue weighted by molar-refractivity contribution is -0.188. The van der Waals surface area contributed by atoms with Crippen molar-refractivity contribution in [3.8, 4) is 0 Å². The Morgan fingerprint density at radius 3 is 2.13 bits per heavy atom. The standard InChI is InChI=1S/C28H44N4O13/c1-2-3-4-5-6-7-8-10-22(35)31(45)16-9-14-29-20(33)17-27(43,25(39)40)18-21(34)30-15-12-19(24(37)38)32-23(36)11-13-28(32,44)26(41)42/h8,10,19,43-45H,2-7,9,11-18H2,1H3,(H,29,33)(H,30,34)(H,37,38)(H,39,40)(H,41,42)/b10-8+. The van der Waals surface area contributed by atoms with Crippen molar-refractivity contribution < 1.29 is 64.3 Å². The summed E-state index contributed by atoms with van der Waals surface area (Å²) in [7, 11) is 0. The molecule has 45 heavy (non-hydrogen) atoms. The van der Waals surface area contributed by atoms with E-state index in [4.69, 9.17) is 0 Å². The van der Waals surface area contributed by atoms with Crippen molar-refractivity contribution in [2.45, 2.75) is 101 Å². The smallest absolute Gasteiger partial charge is 0.357 e. The minimum Gasteiger partial charge on any atom is -0.480 e. The number of carbonyl (C=O) groups excluding carboxylic acids is 4. The quantitative estimate of drug-likeness (QED) is 0.0322. The van der Waals surface area contributed by atoms with Crippen LogP contribution < -0.4 is 10.6 Å². The number of likely N-dealkylation sites (tertiary alicyclic amines) is 1. The van der Waals surface area contributed by atoms with Crippen LogP contribution in [0.25, 0.3) is 0 Å². The molecule has 0 spiro atoms. The summed E-state index contributed by atoms with van der Waals surface area (Å²) in [5.41, 5.74) is -5.61. The summed E-state index contributed by atoms with van der Waals surface area (Å²) < 4.78 is 0. The average molecular weight is 645 g/mol. The van der Waals surface area contributed by atoms with Gasteiger partial charge in [0, 0.05) is 32.0 Å². The van der Waals surface area contributed by atoms with E-state index < -0.39 is 97.6 Å². The molecule has 0 bridgehead atoms. The van der Waals surface area contributed by atoms with Crippen molar-refractivity contribution in [2.24, 2.45) is 0 Å². The van der Waals surface area contributed by atoms with Gasteiger partial charge in [0.1, 0.15) is 6.04 Å². The predicted octanol–water partition coefficient (Wildman–Crippen LogP) is -0.422. The highest BCUT2D eigenvalue weighted by Crippen LogP contribution is 2.31. The molecule has 0 radical (unpaired) electrons. The van der Waals surface area contributed by atoms with Gasteiger partial charge in [-0.15, -0.1) is 0 Å². The van der Waals surface area contributed by atoms with Crippen molar-refractivity contribution in [3.63, 3.8) is 0 Å². The molecule has 3 unspecified atom stereocenters. The Morgan fingerprint density at radius 1 is 0.978 bits per heavy atom. The molecule has 0 aromatic rings. The summed E-state index contributed by atoms with van der Waals surface area (Å²) >= 11 is 0. The number of hydrogen-bond donors (Lipinski definition) is 8. The molecule has 17 heteroatoms.